The number of nitrogens with one attached hydrogen (secondary N) is 1. The number of rotatable bonds is 8. The number of H-pyrrole nitrogens is 1. The van der Waals surface area contributed by atoms with Crippen molar-refractivity contribution >= 4 is 5.91 Å². The quantitative estimate of drug-likeness (QED) is 0.548. The molecule has 1 aliphatic rings. The van der Waals surface area contributed by atoms with Crippen LogP contribution in [0.4, 0.5) is 0 Å². The number of nitrogens with zero attached hydrogens (tertiary/aromatic N) is 2. The Balaban J connectivity index is 1.87. The highest BCUT2D eigenvalue weighted by atomic mass is 16.5. The van der Waals surface area contributed by atoms with E-state index in [0.29, 0.717) is 36.7 Å². The number of methoxy groups -OCH3 is 1. The highest BCUT2D eigenvalue weighted by molar-refractivity contribution is 6.00. The van der Waals surface area contributed by atoms with Crippen molar-refractivity contribution in [3.63, 3.8) is 0 Å². The van der Waals surface area contributed by atoms with Crippen molar-refractivity contribution in [3.05, 3.63) is 64.3 Å². The summed E-state index contributed by atoms with van der Waals surface area (Å²) in [6, 6.07) is 11.2. The van der Waals surface area contributed by atoms with Crippen molar-refractivity contribution in [3.8, 4) is 22.8 Å². The van der Waals surface area contributed by atoms with E-state index in [-0.39, 0.29) is 17.7 Å². The van der Waals surface area contributed by atoms with E-state index in [0.717, 1.165) is 34.4 Å². The lowest BCUT2D eigenvalue weighted by Crippen LogP contribution is -2.32. The molecular formula is C25H29N3O4. The molecule has 1 unspecified atom stereocenters. The fourth-order valence-electron chi connectivity index (χ4n) is 4.40. The van der Waals surface area contributed by atoms with Gasteiger partial charge in [0.1, 0.15) is 22.9 Å². The van der Waals surface area contributed by atoms with Crippen LogP contribution in [0, 0.1) is 13.8 Å². The molecule has 0 aliphatic carbocycles. The number of aryl methyl sites for hydroxylation is 2. The molecule has 2 aromatic carbocycles. The summed E-state index contributed by atoms with van der Waals surface area (Å²) in [7, 11) is 1.62. The maximum atomic E-state index is 13.3. The smallest absolute Gasteiger partial charge is 0.273 e. The number of aromatic hydroxyl groups is 1. The largest absolute Gasteiger partial charge is 0.507 e. The number of aromatic amines is 1. The Morgan fingerprint density at radius 3 is 2.72 bits per heavy atom. The first-order chi connectivity index (χ1) is 15.5. The van der Waals surface area contributed by atoms with Gasteiger partial charge in [-0.05, 0) is 55.2 Å². The Morgan fingerprint density at radius 1 is 1.19 bits per heavy atom. The van der Waals surface area contributed by atoms with Crippen LogP contribution >= 0.6 is 0 Å². The minimum Gasteiger partial charge on any atom is -0.507 e. The number of phenols is 1. The molecule has 0 saturated heterocycles. The first kappa shape index (κ1) is 21.9. The van der Waals surface area contributed by atoms with Gasteiger partial charge in [0, 0.05) is 24.8 Å². The Morgan fingerprint density at radius 2 is 2.00 bits per heavy atom. The summed E-state index contributed by atoms with van der Waals surface area (Å²) in [5.74, 6) is 0.777. The van der Waals surface area contributed by atoms with Crippen molar-refractivity contribution in [2.45, 2.75) is 33.2 Å². The lowest BCUT2D eigenvalue weighted by atomic mass is 9.93. The van der Waals surface area contributed by atoms with Gasteiger partial charge in [-0.3, -0.25) is 9.89 Å². The van der Waals surface area contributed by atoms with Crippen LogP contribution in [-0.4, -0.2) is 53.0 Å². The van der Waals surface area contributed by atoms with Crippen LogP contribution in [0.3, 0.4) is 0 Å². The Bertz CT molecular complexity index is 1110. The van der Waals surface area contributed by atoms with Crippen molar-refractivity contribution in [1.82, 2.24) is 15.1 Å². The second kappa shape index (κ2) is 9.04. The molecule has 4 rings (SSSR count). The molecule has 32 heavy (non-hydrogen) atoms. The molecule has 1 aromatic heterocycles. The van der Waals surface area contributed by atoms with Crippen LogP contribution < -0.4 is 4.74 Å². The molecule has 1 aliphatic heterocycles. The third kappa shape index (κ3) is 3.84. The van der Waals surface area contributed by atoms with Gasteiger partial charge in [0.2, 0.25) is 0 Å². The van der Waals surface area contributed by atoms with Gasteiger partial charge >= 0.3 is 0 Å². The van der Waals surface area contributed by atoms with Gasteiger partial charge in [-0.1, -0.05) is 25.1 Å². The number of carbonyl (C=O) groups excluding carboxylic acids is 1. The molecule has 7 heteroatoms. The van der Waals surface area contributed by atoms with Crippen LogP contribution in [0.15, 0.2) is 36.4 Å². The molecule has 0 bridgehead atoms. The summed E-state index contributed by atoms with van der Waals surface area (Å²) in [6.07, 6.45) is 0.911. The molecule has 0 saturated carbocycles. The number of fused-ring (bicyclic) bond motifs is 1. The SMILES string of the molecule is CCCOc1cccc(C2c3c(-c4c(C)cc(C)cc4O)n[nH]c3C(=O)N2CCOC)c1. The predicted molar refractivity (Wildman–Crippen MR) is 122 cm³/mol. The number of amides is 1. The summed E-state index contributed by atoms with van der Waals surface area (Å²) >= 11 is 0. The first-order valence-electron chi connectivity index (χ1n) is 10.9. The normalized spacial score (nSPS) is 15.3. The number of ether oxygens (including phenoxy) is 2. The highest BCUT2D eigenvalue weighted by Gasteiger charge is 2.42. The van der Waals surface area contributed by atoms with Gasteiger partial charge < -0.3 is 19.5 Å². The van der Waals surface area contributed by atoms with Crippen LogP contribution in [0.2, 0.25) is 0 Å². The molecule has 1 atom stereocenters. The number of benzene rings is 2. The van der Waals surface area contributed by atoms with Crippen LogP contribution in [0.5, 0.6) is 11.5 Å². The number of phenolic OH excluding ortho intramolecular Hbond substituents is 1. The van der Waals surface area contributed by atoms with Gasteiger partial charge in [-0.2, -0.15) is 5.10 Å². The molecular weight excluding hydrogens is 406 g/mol. The summed E-state index contributed by atoms with van der Waals surface area (Å²) < 4.78 is 11.1. The second-order valence-corrected chi connectivity index (χ2v) is 8.15. The summed E-state index contributed by atoms with van der Waals surface area (Å²) in [4.78, 5) is 15.1. The zero-order valence-corrected chi connectivity index (χ0v) is 18.9. The maximum absolute atomic E-state index is 13.3. The van der Waals surface area contributed by atoms with Crippen LogP contribution in [-0.2, 0) is 4.74 Å². The zero-order valence-electron chi connectivity index (χ0n) is 18.9. The van der Waals surface area contributed by atoms with Gasteiger partial charge in [-0.25, -0.2) is 0 Å². The van der Waals surface area contributed by atoms with Crippen molar-refractivity contribution in [2.24, 2.45) is 0 Å². The minimum atomic E-state index is -0.369. The fraction of sp³-hybridized carbons (Fsp3) is 0.360. The molecule has 7 nitrogen and oxygen atoms in total. The van der Waals surface area contributed by atoms with E-state index in [2.05, 4.69) is 17.1 Å². The molecule has 0 fully saturated rings. The van der Waals surface area contributed by atoms with E-state index in [1.165, 1.54) is 0 Å². The van der Waals surface area contributed by atoms with E-state index < -0.39 is 0 Å². The number of carbonyl (C=O) groups is 1. The van der Waals surface area contributed by atoms with E-state index in [4.69, 9.17) is 9.47 Å². The molecule has 2 heterocycles. The van der Waals surface area contributed by atoms with Gasteiger partial charge in [0.15, 0.2) is 0 Å². The van der Waals surface area contributed by atoms with Crippen molar-refractivity contribution in [2.75, 3.05) is 26.9 Å². The predicted octanol–water partition coefficient (Wildman–Crippen LogP) is 4.38. The lowest BCUT2D eigenvalue weighted by molar-refractivity contribution is 0.0677. The Hall–Kier alpha value is -3.32. The second-order valence-electron chi connectivity index (χ2n) is 8.15. The molecule has 2 N–H and O–H groups in total. The topological polar surface area (TPSA) is 87.7 Å². The van der Waals surface area contributed by atoms with Gasteiger partial charge in [-0.15, -0.1) is 0 Å². The van der Waals surface area contributed by atoms with Crippen molar-refractivity contribution in [1.29, 1.82) is 0 Å². The molecule has 0 spiro atoms. The van der Waals surface area contributed by atoms with Crippen LogP contribution in [0.25, 0.3) is 11.3 Å². The van der Waals surface area contributed by atoms with E-state index in [9.17, 15) is 9.90 Å². The van der Waals surface area contributed by atoms with Gasteiger partial charge in [0.05, 0.1) is 19.3 Å². The van der Waals surface area contributed by atoms with E-state index in [1.54, 1.807) is 18.1 Å². The zero-order chi connectivity index (χ0) is 22.8. The number of hydrogen-bond donors (Lipinski definition) is 2. The average Bonchev–Trinajstić information content (AvgIpc) is 3.29. The third-order valence-corrected chi connectivity index (χ3v) is 5.74. The summed E-state index contributed by atoms with van der Waals surface area (Å²) in [6.45, 7) is 7.41. The Kier molecular flexibility index (Phi) is 6.19. The first-order valence-corrected chi connectivity index (χ1v) is 10.9. The number of hydrogen-bond acceptors (Lipinski definition) is 5. The molecule has 168 valence electrons. The molecule has 0 radical (unpaired) electrons. The highest BCUT2D eigenvalue weighted by Crippen LogP contribution is 2.45. The minimum absolute atomic E-state index is 0.134. The molecule has 3 aromatic rings. The monoisotopic (exact) mass is 435 g/mol. The number of aromatic nitrogens is 2. The van der Waals surface area contributed by atoms with E-state index >= 15 is 0 Å². The van der Waals surface area contributed by atoms with Crippen LogP contribution in [0.1, 0.15) is 52.1 Å². The van der Waals surface area contributed by atoms with E-state index in [1.807, 2.05) is 44.2 Å². The van der Waals surface area contributed by atoms with Crippen molar-refractivity contribution < 1.29 is 19.4 Å². The Labute approximate surface area is 188 Å². The standard InChI is InChI=1S/C25H29N3O4/c1-5-10-32-18-8-6-7-17(14-18)24-21-22(20-16(3)12-15(2)13-19(20)29)26-27-23(21)25(30)28(24)9-11-31-4/h6-8,12-14,24,29H,5,9-11H2,1-4H3,(H,26,27). The summed E-state index contributed by atoms with van der Waals surface area (Å²) in [5.41, 5.74) is 5.23. The lowest BCUT2D eigenvalue weighted by Gasteiger charge is -2.26. The molecule has 1 amide bonds. The summed E-state index contributed by atoms with van der Waals surface area (Å²) in [5, 5.41) is 18.2. The maximum Gasteiger partial charge on any atom is 0.273 e. The third-order valence-electron chi connectivity index (χ3n) is 5.74. The van der Waals surface area contributed by atoms with Gasteiger partial charge in [0.25, 0.3) is 5.91 Å². The fourth-order valence-corrected chi connectivity index (χ4v) is 4.40. The average molecular weight is 436 g/mol.